The maximum Gasteiger partial charge on any atom is 0.129 e. The Labute approximate surface area is 155 Å². The van der Waals surface area contributed by atoms with Crippen LogP contribution in [0.15, 0.2) is 59.6 Å². The van der Waals surface area contributed by atoms with Crippen LogP contribution in [0.4, 0.5) is 5.69 Å². The minimum atomic E-state index is -1.12. The van der Waals surface area contributed by atoms with Crippen LogP contribution in [0.3, 0.4) is 0 Å². The molecular formula is C22H27N3O. The summed E-state index contributed by atoms with van der Waals surface area (Å²) >= 11 is 0. The highest BCUT2D eigenvalue weighted by Crippen LogP contribution is 2.52. The van der Waals surface area contributed by atoms with Gasteiger partial charge in [0, 0.05) is 31.7 Å². The summed E-state index contributed by atoms with van der Waals surface area (Å²) in [5.41, 5.74) is 1.00. The Morgan fingerprint density at radius 2 is 1.50 bits per heavy atom. The molecule has 0 aromatic heterocycles. The lowest BCUT2D eigenvalue weighted by Gasteiger charge is -2.51. The van der Waals surface area contributed by atoms with Gasteiger partial charge in [0.15, 0.2) is 0 Å². The van der Waals surface area contributed by atoms with Crippen molar-refractivity contribution in [1.82, 2.24) is 9.80 Å². The van der Waals surface area contributed by atoms with E-state index in [-0.39, 0.29) is 0 Å². The molecule has 1 unspecified atom stereocenters. The van der Waals surface area contributed by atoms with Gasteiger partial charge in [-0.3, -0.25) is 0 Å². The van der Waals surface area contributed by atoms with Crippen molar-refractivity contribution in [3.63, 3.8) is 0 Å². The molecule has 26 heavy (non-hydrogen) atoms. The molecule has 2 aliphatic rings. The van der Waals surface area contributed by atoms with Crippen LogP contribution in [0, 0.1) is 5.41 Å². The molecule has 0 amide bonds. The summed E-state index contributed by atoms with van der Waals surface area (Å²) in [7, 11) is 2.15. The van der Waals surface area contributed by atoms with Crippen LogP contribution < -0.4 is 0 Å². The quantitative estimate of drug-likeness (QED) is 0.859. The summed E-state index contributed by atoms with van der Waals surface area (Å²) in [5.74, 6) is 0.982. The van der Waals surface area contributed by atoms with E-state index >= 15 is 0 Å². The Balaban J connectivity index is 1.89. The molecule has 0 saturated carbocycles. The second kappa shape index (κ2) is 6.22. The average Bonchev–Trinajstić information content (AvgIpc) is 2.66. The van der Waals surface area contributed by atoms with E-state index < -0.39 is 11.0 Å². The molecule has 4 rings (SSSR count). The number of likely N-dealkylation sites (N-methyl/N-ethyl adjacent to an activating group) is 1. The SMILES string of the molecule is CN1CCN(C2=Nc3ccccc3C(O)(c3ccccc3)C2(C)C)CC1. The number of rotatable bonds is 1. The summed E-state index contributed by atoms with van der Waals surface area (Å²) < 4.78 is 0. The first kappa shape index (κ1) is 17.3. The minimum Gasteiger partial charge on any atom is -0.379 e. The highest BCUT2D eigenvalue weighted by Gasteiger charge is 2.54. The van der Waals surface area contributed by atoms with E-state index in [9.17, 15) is 5.11 Å². The third-order valence-corrected chi connectivity index (χ3v) is 5.98. The van der Waals surface area contributed by atoms with E-state index in [2.05, 4.69) is 30.7 Å². The molecular weight excluding hydrogens is 322 g/mol. The van der Waals surface area contributed by atoms with Crippen molar-refractivity contribution >= 4 is 11.5 Å². The highest BCUT2D eigenvalue weighted by atomic mass is 16.3. The fourth-order valence-electron chi connectivity index (χ4n) is 4.31. The van der Waals surface area contributed by atoms with Crippen LogP contribution in [-0.4, -0.2) is 54.0 Å². The molecule has 2 aromatic rings. The molecule has 0 spiro atoms. The summed E-state index contributed by atoms with van der Waals surface area (Å²) in [6.45, 7) is 8.14. The lowest BCUT2D eigenvalue weighted by molar-refractivity contribution is -0.00757. The predicted octanol–water partition coefficient (Wildman–Crippen LogP) is 3.24. The van der Waals surface area contributed by atoms with Gasteiger partial charge in [0.2, 0.25) is 0 Å². The molecule has 1 fully saturated rings. The lowest BCUT2D eigenvalue weighted by atomic mass is 9.64. The number of aliphatic imine (C=N–C) groups is 1. The van der Waals surface area contributed by atoms with Crippen LogP contribution in [0.2, 0.25) is 0 Å². The van der Waals surface area contributed by atoms with Gasteiger partial charge in [-0.1, -0.05) is 48.5 Å². The van der Waals surface area contributed by atoms with Crippen molar-refractivity contribution in [3.8, 4) is 0 Å². The summed E-state index contributed by atoms with van der Waals surface area (Å²) in [5, 5.41) is 12.2. The number of benzene rings is 2. The lowest BCUT2D eigenvalue weighted by Crippen LogP contribution is -2.58. The zero-order valence-electron chi connectivity index (χ0n) is 15.8. The second-order valence-corrected chi connectivity index (χ2v) is 7.94. The van der Waals surface area contributed by atoms with Crippen LogP contribution >= 0.6 is 0 Å². The number of fused-ring (bicyclic) bond motifs is 1. The van der Waals surface area contributed by atoms with Gasteiger partial charge in [-0.05, 0) is 32.5 Å². The van der Waals surface area contributed by atoms with E-state index in [1.807, 2.05) is 54.6 Å². The fourth-order valence-corrected chi connectivity index (χ4v) is 4.31. The van der Waals surface area contributed by atoms with Crippen molar-refractivity contribution in [2.75, 3.05) is 33.2 Å². The standard InChI is InChI=1S/C22H27N3O/c1-21(2)20(25-15-13-24(3)14-16-25)23-19-12-8-7-11-18(19)22(21,26)17-9-5-4-6-10-17/h4-12,26H,13-16H2,1-3H3. The van der Waals surface area contributed by atoms with Gasteiger partial charge >= 0.3 is 0 Å². The van der Waals surface area contributed by atoms with Gasteiger partial charge in [0.25, 0.3) is 0 Å². The first-order chi connectivity index (χ1) is 12.4. The number of nitrogens with zero attached hydrogens (tertiary/aromatic N) is 3. The fraction of sp³-hybridized carbons (Fsp3) is 0.409. The van der Waals surface area contributed by atoms with Gasteiger partial charge in [-0.15, -0.1) is 0 Å². The van der Waals surface area contributed by atoms with Crippen molar-refractivity contribution in [1.29, 1.82) is 0 Å². The first-order valence-electron chi connectivity index (χ1n) is 9.34. The number of piperazine rings is 1. The summed E-state index contributed by atoms with van der Waals surface area (Å²) in [6.07, 6.45) is 0. The van der Waals surface area contributed by atoms with E-state index in [0.29, 0.717) is 0 Å². The number of amidine groups is 1. The zero-order valence-corrected chi connectivity index (χ0v) is 15.8. The maximum atomic E-state index is 12.2. The molecule has 0 bridgehead atoms. The topological polar surface area (TPSA) is 39.1 Å². The Kier molecular flexibility index (Phi) is 4.13. The van der Waals surface area contributed by atoms with Gasteiger partial charge in [-0.25, -0.2) is 4.99 Å². The molecule has 4 heteroatoms. The third kappa shape index (κ3) is 2.48. The number of para-hydroxylation sites is 1. The second-order valence-electron chi connectivity index (χ2n) is 7.94. The van der Waals surface area contributed by atoms with Crippen molar-refractivity contribution < 1.29 is 5.11 Å². The van der Waals surface area contributed by atoms with Crippen LogP contribution in [0.25, 0.3) is 0 Å². The van der Waals surface area contributed by atoms with E-state index in [4.69, 9.17) is 4.99 Å². The Morgan fingerprint density at radius 3 is 2.19 bits per heavy atom. The molecule has 4 nitrogen and oxygen atoms in total. The van der Waals surface area contributed by atoms with Crippen LogP contribution in [0.5, 0.6) is 0 Å². The monoisotopic (exact) mass is 349 g/mol. The maximum absolute atomic E-state index is 12.2. The third-order valence-electron chi connectivity index (χ3n) is 5.98. The molecule has 0 aliphatic carbocycles. The molecule has 2 aromatic carbocycles. The molecule has 136 valence electrons. The summed E-state index contributed by atoms with van der Waals surface area (Å²) in [4.78, 5) is 9.72. The molecule has 1 N–H and O–H groups in total. The van der Waals surface area contributed by atoms with Crippen LogP contribution in [0.1, 0.15) is 25.0 Å². The number of hydrogen-bond acceptors (Lipinski definition) is 4. The molecule has 1 saturated heterocycles. The van der Waals surface area contributed by atoms with E-state index in [1.165, 1.54) is 0 Å². The van der Waals surface area contributed by atoms with Crippen molar-refractivity contribution in [2.24, 2.45) is 10.4 Å². The normalized spacial score (nSPS) is 25.5. The molecule has 0 radical (unpaired) electrons. The zero-order chi connectivity index (χ0) is 18.4. The molecule has 2 heterocycles. The van der Waals surface area contributed by atoms with Gasteiger partial charge < -0.3 is 14.9 Å². The molecule has 1 atom stereocenters. The molecule has 2 aliphatic heterocycles. The average molecular weight is 349 g/mol. The number of hydrogen-bond donors (Lipinski definition) is 1. The minimum absolute atomic E-state index is 0.543. The van der Waals surface area contributed by atoms with Gasteiger partial charge in [0.1, 0.15) is 11.4 Å². The van der Waals surface area contributed by atoms with Gasteiger partial charge in [-0.2, -0.15) is 0 Å². The summed E-state index contributed by atoms with van der Waals surface area (Å²) in [6, 6.07) is 18.0. The van der Waals surface area contributed by atoms with E-state index in [1.54, 1.807) is 0 Å². The Bertz CT molecular complexity index is 822. The Hall–Kier alpha value is -2.17. The van der Waals surface area contributed by atoms with Gasteiger partial charge in [0.05, 0.1) is 11.1 Å². The highest BCUT2D eigenvalue weighted by molar-refractivity contribution is 5.94. The van der Waals surface area contributed by atoms with Crippen LogP contribution in [-0.2, 0) is 5.60 Å². The van der Waals surface area contributed by atoms with E-state index in [0.717, 1.165) is 48.8 Å². The first-order valence-corrected chi connectivity index (χ1v) is 9.34. The predicted molar refractivity (Wildman–Crippen MR) is 106 cm³/mol. The van der Waals surface area contributed by atoms with Crippen molar-refractivity contribution in [2.45, 2.75) is 19.4 Å². The van der Waals surface area contributed by atoms with Crippen molar-refractivity contribution in [3.05, 3.63) is 65.7 Å². The smallest absolute Gasteiger partial charge is 0.129 e. The largest absolute Gasteiger partial charge is 0.379 e. The Morgan fingerprint density at radius 1 is 0.885 bits per heavy atom. The number of aliphatic hydroxyl groups is 1.